The monoisotopic (exact) mass is 357 g/mol. The Morgan fingerprint density at radius 3 is 2.65 bits per heavy atom. The molecular formula is C23H35NO2. The molecule has 0 bridgehead atoms. The van der Waals surface area contributed by atoms with Crippen molar-refractivity contribution in [2.75, 3.05) is 6.54 Å². The largest absolute Gasteiger partial charge is 0.327 e. The first kappa shape index (κ1) is 18.4. The molecule has 0 aromatic rings. The molecule has 3 heteroatoms. The van der Waals surface area contributed by atoms with Gasteiger partial charge in [0.05, 0.1) is 0 Å². The number of rotatable bonds is 3. The minimum absolute atomic E-state index is 0.130. The maximum absolute atomic E-state index is 13.2. The van der Waals surface area contributed by atoms with Gasteiger partial charge < -0.3 is 5.73 Å². The van der Waals surface area contributed by atoms with Gasteiger partial charge in [-0.3, -0.25) is 9.59 Å². The van der Waals surface area contributed by atoms with Crippen LogP contribution in [0.15, 0.2) is 12.2 Å². The summed E-state index contributed by atoms with van der Waals surface area (Å²) in [5, 5.41) is 0. The van der Waals surface area contributed by atoms with E-state index in [1.807, 2.05) is 6.08 Å². The summed E-state index contributed by atoms with van der Waals surface area (Å²) in [7, 11) is 0. The zero-order chi connectivity index (χ0) is 18.5. The third kappa shape index (κ3) is 2.65. The molecule has 0 aromatic heterocycles. The van der Waals surface area contributed by atoms with Crippen LogP contribution < -0.4 is 5.73 Å². The number of hydrogen-bond acceptors (Lipinski definition) is 3. The molecule has 4 saturated carbocycles. The van der Waals surface area contributed by atoms with E-state index in [0.29, 0.717) is 41.8 Å². The normalized spacial score (nSPS) is 48.3. The Kier molecular flexibility index (Phi) is 4.66. The van der Waals surface area contributed by atoms with Gasteiger partial charge in [-0.25, -0.2) is 0 Å². The van der Waals surface area contributed by atoms with Gasteiger partial charge in [0.2, 0.25) is 0 Å². The summed E-state index contributed by atoms with van der Waals surface area (Å²) < 4.78 is 0. The summed E-state index contributed by atoms with van der Waals surface area (Å²) in [6.07, 6.45) is 13.5. The van der Waals surface area contributed by atoms with Crippen LogP contribution in [0.5, 0.6) is 0 Å². The van der Waals surface area contributed by atoms with Crippen molar-refractivity contribution >= 4 is 11.6 Å². The van der Waals surface area contributed by atoms with Gasteiger partial charge in [-0.05, 0) is 74.0 Å². The first-order valence-corrected chi connectivity index (χ1v) is 10.8. The molecule has 0 heterocycles. The number of carbonyl (C=O) groups is 2. The average molecular weight is 358 g/mol. The van der Waals surface area contributed by atoms with Gasteiger partial charge in [-0.15, -0.1) is 0 Å². The summed E-state index contributed by atoms with van der Waals surface area (Å²) in [4.78, 5) is 25.7. The number of hydrogen-bond donors (Lipinski definition) is 1. The van der Waals surface area contributed by atoms with Crippen molar-refractivity contribution in [3.8, 4) is 0 Å². The zero-order valence-electron chi connectivity index (χ0n) is 16.5. The molecule has 2 N–H and O–H groups in total. The molecule has 3 nitrogen and oxygen atoms in total. The Morgan fingerprint density at radius 2 is 1.88 bits per heavy atom. The number of Topliss-reactive ketones (excluding diaryl/α,β-unsaturated/α-hetero) is 2. The van der Waals surface area contributed by atoms with Gasteiger partial charge in [0.1, 0.15) is 11.6 Å². The minimum Gasteiger partial charge on any atom is -0.327 e. The summed E-state index contributed by atoms with van der Waals surface area (Å²) >= 11 is 0. The van der Waals surface area contributed by atoms with Crippen LogP contribution in [0.4, 0.5) is 0 Å². The molecule has 144 valence electrons. The maximum atomic E-state index is 13.2. The lowest BCUT2D eigenvalue weighted by Crippen LogP contribution is -2.56. The molecular weight excluding hydrogens is 322 g/mol. The highest BCUT2D eigenvalue weighted by Crippen LogP contribution is 2.65. The number of fused-ring (bicyclic) bond motifs is 5. The molecule has 4 aliphatic carbocycles. The number of carbonyl (C=O) groups excluding carboxylic acids is 2. The van der Waals surface area contributed by atoms with Crippen molar-refractivity contribution in [3.05, 3.63) is 12.2 Å². The highest BCUT2D eigenvalue weighted by atomic mass is 16.1. The fourth-order valence-electron chi connectivity index (χ4n) is 7.49. The van der Waals surface area contributed by atoms with Crippen LogP contribution >= 0.6 is 0 Å². The average Bonchev–Trinajstić information content (AvgIpc) is 2.92. The standard InChI is InChI=1S/C23H35NO2/c1-22-10-8-15(5-3-4-12-24)13-19(22)20(25)14-16-17-6-7-21(26)23(17,2)11-9-18(16)22/h3-4,15-19H,5-14,24H2,1-2H3/t15?,16-,17-,18+,19?,22+,23-/m0/s1. The topological polar surface area (TPSA) is 60.2 Å². The van der Waals surface area contributed by atoms with Crippen LogP contribution in [0.25, 0.3) is 0 Å². The van der Waals surface area contributed by atoms with E-state index in [0.717, 1.165) is 44.9 Å². The second-order valence-corrected chi connectivity index (χ2v) is 10.1. The first-order valence-electron chi connectivity index (χ1n) is 10.8. The van der Waals surface area contributed by atoms with Crippen LogP contribution in [0, 0.1) is 40.4 Å². The summed E-state index contributed by atoms with van der Waals surface area (Å²) in [5.41, 5.74) is 5.60. The fraction of sp³-hybridized carbons (Fsp3) is 0.826. The lowest BCUT2D eigenvalue weighted by atomic mass is 9.44. The molecule has 0 saturated heterocycles. The lowest BCUT2D eigenvalue weighted by Gasteiger charge is -2.59. The second kappa shape index (κ2) is 6.58. The lowest BCUT2D eigenvalue weighted by molar-refractivity contribution is -0.157. The van der Waals surface area contributed by atoms with E-state index in [-0.39, 0.29) is 16.7 Å². The predicted octanol–water partition coefficient (Wildman–Crippen LogP) is 4.30. The van der Waals surface area contributed by atoms with Crippen molar-refractivity contribution in [1.29, 1.82) is 0 Å². The summed E-state index contributed by atoms with van der Waals surface area (Å²) in [6.45, 7) is 5.22. The van der Waals surface area contributed by atoms with Crippen molar-refractivity contribution in [2.45, 2.75) is 71.6 Å². The van der Waals surface area contributed by atoms with E-state index in [4.69, 9.17) is 5.73 Å². The number of nitrogens with two attached hydrogens (primary N) is 1. The van der Waals surface area contributed by atoms with Gasteiger partial charge in [-0.2, -0.15) is 0 Å². The van der Waals surface area contributed by atoms with Crippen LogP contribution in [0.2, 0.25) is 0 Å². The number of ketones is 2. The Balaban J connectivity index is 1.55. The zero-order valence-corrected chi connectivity index (χ0v) is 16.5. The Labute approximate surface area is 158 Å². The third-order valence-electron chi connectivity index (χ3n) is 9.05. The van der Waals surface area contributed by atoms with E-state index < -0.39 is 0 Å². The number of allylic oxidation sites excluding steroid dienone is 1. The van der Waals surface area contributed by atoms with E-state index in [2.05, 4.69) is 19.9 Å². The van der Waals surface area contributed by atoms with E-state index in [1.54, 1.807) is 0 Å². The molecule has 26 heavy (non-hydrogen) atoms. The quantitative estimate of drug-likeness (QED) is 0.766. The van der Waals surface area contributed by atoms with Gasteiger partial charge in [0.15, 0.2) is 0 Å². The summed E-state index contributed by atoms with van der Waals surface area (Å²) in [5.74, 6) is 3.42. The second-order valence-electron chi connectivity index (χ2n) is 10.1. The van der Waals surface area contributed by atoms with Crippen LogP contribution in [0.3, 0.4) is 0 Å². The highest BCUT2D eigenvalue weighted by Gasteiger charge is 2.62. The van der Waals surface area contributed by atoms with Crippen LogP contribution in [-0.2, 0) is 9.59 Å². The predicted molar refractivity (Wildman–Crippen MR) is 103 cm³/mol. The molecule has 4 rings (SSSR count). The van der Waals surface area contributed by atoms with Gasteiger partial charge in [0, 0.05) is 30.7 Å². The highest BCUT2D eigenvalue weighted by molar-refractivity contribution is 5.88. The van der Waals surface area contributed by atoms with E-state index in [1.165, 1.54) is 12.8 Å². The molecule has 0 aliphatic heterocycles. The molecule has 0 aromatic carbocycles. The smallest absolute Gasteiger partial charge is 0.139 e. The van der Waals surface area contributed by atoms with Crippen molar-refractivity contribution in [2.24, 2.45) is 46.2 Å². The Bertz CT molecular complexity index is 626. The Hall–Kier alpha value is -0.960. The van der Waals surface area contributed by atoms with Crippen molar-refractivity contribution in [3.63, 3.8) is 0 Å². The molecule has 0 radical (unpaired) electrons. The fourth-order valence-corrected chi connectivity index (χ4v) is 7.49. The molecule has 0 amide bonds. The third-order valence-corrected chi connectivity index (χ3v) is 9.05. The van der Waals surface area contributed by atoms with Crippen LogP contribution in [-0.4, -0.2) is 18.1 Å². The van der Waals surface area contributed by atoms with Gasteiger partial charge in [0.25, 0.3) is 0 Å². The van der Waals surface area contributed by atoms with Gasteiger partial charge in [-0.1, -0.05) is 26.0 Å². The SMILES string of the molecule is C[C@]12CCC(CC=CCN)CC1C(=O)C[C@@H]1[C@H]2CC[C@]2(C)C(=O)CC[C@@H]12. The minimum atomic E-state index is -0.130. The Morgan fingerprint density at radius 1 is 1.08 bits per heavy atom. The first-order chi connectivity index (χ1) is 12.4. The van der Waals surface area contributed by atoms with Crippen molar-refractivity contribution in [1.82, 2.24) is 0 Å². The van der Waals surface area contributed by atoms with Crippen molar-refractivity contribution < 1.29 is 9.59 Å². The van der Waals surface area contributed by atoms with E-state index >= 15 is 0 Å². The molecule has 4 aliphatic rings. The van der Waals surface area contributed by atoms with E-state index in [9.17, 15) is 9.59 Å². The molecule has 2 unspecified atom stereocenters. The maximum Gasteiger partial charge on any atom is 0.139 e. The molecule has 4 fully saturated rings. The molecule has 0 spiro atoms. The van der Waals surface area contributed by atoms with Crippen LogP contribution in [0.1, 0.15) is 71.6 Å². The molecule has 7 atom stereocenters. The summed E-state index contributed by atoms with van der Waals surface area (Å²) in [6, 6.07) is 0. The van der Waals surface area contributed by atoms with Gasteiger partial charge >= 0.3 is 0 Å².